The average Bonchev–Trinajstić information content (AvgIpc) is 2.72. The van der Waals surface area contributed by atoms with E-state index in [1.807, 2.05) is 6.92 Å². The minimum atomic E-state index is -0.160. The molecule has 2 heterocycles. The Kier molecular flexibility index (Phi) is 3.47. The Morgan fingerprint density at radius 2 is 2.17 bits per heavy atom. The van der Waals surface area contributed by atoms with Crippen molar-refractivity contribution in [1.82, 2.24) is 15.0 Å². The summed E-state index contributed by atoms with van der Waals surface area (Å²) in [5.41, 5.74) is 6.91. The number of hydrogen-bond donors (Lipinski definition) is 2. The molecule has 8 heteroatoms. The van der Waals surface area contributed by atoms with E-state index in [0.717, 1.165) is 0 Å². The topological polar surface area (TPSA) is 109 Å². The van der Waals surface area contributed by atoms with Crippen LogP contribution in [0.1, 0.15) is 6.92 Å². The van der Waals surface area contributed by atoms with E-state index in [-0.39, 0.29) is 12.1 Å². The van der Waals surface area contributed by atoms with Crippen LogP contribution in [0, 0.1) is 0 Å². The van der Waals surface area contributed by atoms with Gasteiger partial charge < -0.3 is 19.9 Å². The van der Waals surface area contributed by atoms with Crippen LogP contribution in [0.4, 0.5) is 5.82 Å². The second-order valence-electron chi connectivity index (χ2n) is 3.78. The predicted molar refractivity (Wildman–Crippen MR) is 63.4 cm³/mol. The molecule has 8 nitrogen and oxygen atoms in total. The maximum Gasteiger partial charge on any atom is 0.397 e. The summed E-state index contributed by atoms with van der Waals surface area (Å²) in [6.07, 6.45) is -0.160. The van der Waals surface area contributed by atoms with Crippen LogP contribution >= 0.6 is 0 Å². The first-order valence-corrected chi connectivity index (χ1v) is 5.42. The zero-order valence-electron chi connectivity index (χ0n) is 10.5. The number of anilines is 1. The highest BCUT2D eigenvalue weighted by molar-refractivity contribution is 5.79. The second kappa shape index (κ2) is 5.05. The minimum absolute atomic E-state index is 0.160. The van der Waals surface area contributed by atoms with E-state index < -0.39 is 0 Å². The summed E-state index contributed by atoms with van der Waals surface area (Å²) in [5.74, 6) is 0.291. The lowest BCUT2D eigenvalue weighted by atomic mass is 10.4. The first-order chi connectivity index (χ1) is 8.63. The van der Waals surface area contributed by atoms with Crippen molar-refractivity contribution < 1.29 is 19.2 Å². The summed E-state index contributed by atoms with van der Waals surface area (Å²) < 4.78 is 15.5. The van der Waals surface area contributed by atoms with Crippen LogP contribution in [0.5, 0.6) is 12.0 Å². The van der Waals surface area contributed by atoms with E-state index in [0.29, 0.717) is 29.6 Å². The maximum absolute atomic E-state index is 5.81. The largest absolute Gasteiger partial charge is 0.446 e. The summed E-state index contributed by atoms with van der Waals surface area (Å²) >= 11 is 0. The van der Waals surface area contributed by atoms with Gasteiger partial charge in [-0.05, 0) is 11.9 Å². The summed E-state index contributed by atoms with van der Waals surface area (Å²) in [5, 5.41) is 0. The van der Waals surface area contributed by atoms with Gasteiger partial charge in [-0.2, -0.15) is 4.98 Å². The summed E-state index contributed by atoms with van der Waals surface area (Å²) in [4.78, 5) is 14.1. The molecule has 0 radical (unpaired) electrons. The number of nitrogens with one attached hydrogen (secondary N) is 2. The van der Waals surface area contributed by atoms with E-state index in [9.17, 15) is 0 Å². The molecule has 0 amide bonds. The van der Waals surface area contributed by atoms with Crippen molar-refractivity contribution in [2.24, 2.45) is 0 Å². The van der Waals surface area contributed by atoms with Gasteiger partial charge in [0.25, 0.3) is 0 Å². The zero-order chi connectivity index (χ0) is 13.1. The maximum atomic E-state index is 5.81. The fraction of sp³-hybridized carbons (Fsp3) is 0.500. The molecule has 0 fully saturated rings. The SMILES string of the molecule is COCC(C)Oc1nc(N)c2[nH]c(OC)[nH+]c2n1. The molecule has 4 N–H and O–H groups in total. The molecule has 2 aromatic heterocycles. The summed E-state index contributed by atoms with van der Waals surface area (Å²) in [7, 11) is 3.13. The van der Waals surface area contributed by atoms with Crippen molar-refractivity contribution in [3.8, 4) is 12.0 Å². The normalized spacial score (nSPS) is 12.6. The molecule has 0 aliphatic heterocycles. The van der Waals surface area contributed by atoms with Crippen molar-refractivity contribution >= 4 is 17.0 Å². The van der Waals surface area contributed by atoms with Crippen LogP contribution in [0.15, 0.2) is 0 Å². The molecule has 1 atom stereocenters. The molecule has 0 saturated heterocycles. The van der Waals surface area contributed by atoms with Gasteiger partial charge in [0.2, 0.25) is 5.52 Å². The fourth-order valence-corrected chi connectivity index (χ4v) is 1.53. The smallest absolute Gasteiger partial charge is 0.397 e. The highest BCUT2D eigenvalue weighted by atomic mass is 16.5. The lowest BCUT2D eigenvalue weighted by molar-refractivity contribution is -0.364. The van der Waals surface area contributed by atoms with Crippen LogP contribution in [-0.4, -0.2) is 41.9 Å². The molecule has 0 spiro atoms. The van der Waals surface area contributed by atoms with Crippen LogP contribution in [0.3, 0.4) is 0 Å². The van der Waals surface area contributed by atoms with Gasteiger partial charge >= 0.3 is 17.7 Å². The standard InChI is InChI=1S/C10H15N5O3/c1-5(4-16-2)18-10-13-7(11)6-8(15-10)14-9(12-6)17-3/h5H,4H2,1-3H3,(H3,11,12,13,14,15)/p+1. The number of rotatable bonds is 5. The molecule has 0 aliphatic rings. The number of nitrogens with two attached hydrogens (primary N) is 1. The Morgan fingerprint density at radius 3 is 2.83 bits per heavy atom. The molecule has 0 saturated carbocycles. The molecule has 2 aromatic rings. The number of methoxy groups -OCH3 is 2. The van der Waals surface area contributed by atoms with Gasteiger partial charge in [-0.25, -0.2) is 9.97 Å². The Hall–Kier alpha value is -2.09. The highest BCUT2D eigenvalue weighted by Crippen LogP contribution is 2.18. The number of nitrogen functional groups attached to an aromatic ring is 1. The number of imidazole rings is 1. The number of ether oxygens (including phenoxy) is 3. The third-order valence-electron chi connectivity index (χ3n) is 2.30. The fourth-order valence-electron chi connectivity index (χ4n) is 1.53. The van der Waals surface area contributed by atoms with Gasteiger partial charge in [0.15, 0.2) is 5.82 Å². The first-order valence-electron chi connectivity index (χ1n) is 5.42. The Labute approximate surface area is 103 Å². The summed E-state index contributed by atoms with van der Waals surface area (Å²) in [6, 6.07) is 0.649. The molecular weight excluding hydrogens is 238 g/mol. The van der Waals surface area contributed by atoms with Crippen molar-refractivity contribution in [3.05, 3.63) is 0 Å². The second-order valence-corrected chi connectivity index (χ2v) is 3.78. The first kappa shape index (κ1) is 12.4. The van der Waals surface area contributed by atoms with Gasteiger partial charge in [-0.15, -0.1) is 0 Å². The van der Waals surface area contributed by atoms with Crippen LogP contribution in [0.2, 0.25) is 0 Å². The van der Waals surface area contributed by atoms with E-state index in [1.54, 1.807) is 7.11 Å². The van der Waals surface area contributed by atoms with Crippen LogP contribution < -0.4 is 20.2 Å². The van der Waals surface area contributed by atoms with E-state index in [1.165, 1.54) is 7.11 Å². The number of fused-ring (bicyclic) bond motifs is 1. The lowest BCUT2D eigenvalue weighted by Gasteiger charge is -2.09. The third kappa shape index (κ3) is 2.43. The van der Waals surface area contributed by atoms with Gasteiger partial charge in [0.1, 0.15) is 6.10 Å². The van der Waals surface area contributed by atoms with Crippen molar-refractivity contribution in [2.45, 2.75) is 13.0 Å². The number of aromatic nitrogens is 4. The van der Waals surface area contributed by atoms with Crippen molar-refractivity contribution in [1.29, 1.82) is 0 Å². The molecule has 2 rings (SSSR count). The number of aromatic amines is 2. The number of H-pyrrole nitrogens is 2. The molecule has 0 aromatic carbocycles. The number of nitrogens with zero attached hydrogens (tertiary/aromatic N) is 2. The average molecular weight is 254 g/mol. The van der Waals surface area contributed by atoms with Gasteiger partial charge in [0, 0.05) is 7.11 Å². The molecular formula is C10H16N5O3+. The molecule has 18 heavy (non-hydrogen) atoms. The Morgan fingerprint density at radius 1 is 1.39 bits per heavy atom. The van der Waals surface area contributed by atoms with E-state index in [4.69, 9.17) is 19.9 Å². The predicted octanol–water partition coefficient (Wildman–Crippen LogP) is -0.223. The van der Waals surface area contributed by atoms with Crippen molar-refractivity contribution in [3.63, 3.8) is 0 Å². The minimum Gasteiger partial charge on any atom is -0.446 e. The van der Waals surface area contributed by atoms with Gasteiger partial charge in [-0.3, -0.25) is 0 Å². The molecule has 98 valence electrons. The molecule has 1 unspecified atom stereocenters. The Bertz CT molecular complexity index is 542. The van der Waals surface area contributed by atoms with Gasteiger partial charge in [-0.1, -0.05) is 0 Å². The zero-order valence-corrected chi connectivity index (χ0v) is 10.5. The van der Waals surface area contributed by atoms with Crippen molar-refractivity contribution in [2.75, 3.05) is 26.6 Å². The third-order valence-corrected chi connectivity index (χ3v) is 2.30. The molecule has 0 aliphatic carbocycles. The van der Waals surface area contributed by atoms with Gasteiger partial charge in [0.05, 0.1) is 13.7 Å². The highest BCUT2D eigenvalue weighted by Gasteiger charge is 2.19. The summed E-state index contributed by atoms with van der Waals surface area (Å²) in [6.45, 7) is 2.30. The van der Waals surface area contributed by atoms with Crippen LogP contribution in [0.25, 0.3) is 11.2 Å². The van der Waals surface area contributed by atoms with E-state index >= 15 is 0 Å². The monoisotopic (exact) mass is 254 g/mol. The van der Waals surface area contributed by atoms with Crippen LogP contribution in [-0.2, 0) is 4.74 Å². The molecule has 0 bridgehead atoms. The lowest BCUT2D eigenvalue weighted by Crippen LogP contribution is -2.20. The van der Waals surface area contributed by atoms with E-state index in [2.05, 4.69) is 19.9 Å². The quantitative estimate of drug-likeness (QED) is 0.763. The Balaban J connectivity index is 2.30. The number of hydrogen-bond acceptors (Lipinski definition) is 6.